The van der Waals surface area contributed by atoms with Crippen molar-refractivity contribution < 1.29 is 12.2 Å². The van der Waals surface area contributed by atoms with Crippen molar-refractivity contribution in [3.8, 4) is 28.4 Å². The van der Waals surface area contributed by atoms with Crippen LogP contribution in [0.3, 0.4) is 0 Å². The largest absolute Gasteiger partial charge is 0.464 e. The van der Waals surface area contributed by atoms with Crippen LogP contribution in [0.2, 0.25) is 0 Å². The SMILES string of the molecule is [2H]C1([2H])c2c(ccc(C)c2C)[C@]2(C)OC(c3cc(Oc4cc5c(cc4C)c4cc(C(C)(C)C)cc6c4n5-c4ncccc4C6(C)C)cc(-c4c(C(C)C)cccc4C(C)C)c3)=N[C@]12C. The second kappa shape index (κ2) is 13.4. The van der Waals surface area contributed by atoms with E-state index >= 15 is 0 Å². The Morgan fingerprint density at radius 3 is 2.16 bits per heavy atom. The van der Waals surface area contributed by atoms with E-state index in [0.717, 1.165) is 50.5 Å². The van der Waals surface area contributed by atoms with E-state index < -0.39 is 17.5 Å². The molecule has 2 atom stereocenters. The predicted molar refractivity (Wildman–Crippen MR) is 257 cm³/mol. The van der Waals surface area contributed by atoms with Gasteiger partial charge >= 0.3 is 0 Å². The fourth-order valence-corrected chi connectivity index (χ4v) is 10.5. The molecule has 5 aromatic carbocycles. The van der Waals surface area contributed by atoms with Crippen molar-refractivity contribution in [1.82, 2.24) is 9.55 Å². The molecule has 0 bridgehead atoms. The van der Waals surface area contributed by atoms with Gasteiger partial charge in [0.1, 0.15) is 22.9 Å². The van der Waals surface area contributed by atoms with Crippen molar-refractivity contribution >= 4 is 27.7 Å². The first-order valence-corrected chi connectivity index (χ1v) is 22.5. The maximum absolute atomic E-state index is 9.66. The molecule has 1 aliphatic carbocycles. The van der Waals surface area contributed by atoms with E-state index in [2.05, 4.69) is 147 Å². The third-order valence-electron chi connectivity index (χ3n) is 14.6. The van der Waals surface area contributed by atoms with Crippen LogP contribution in [0.25, 0.3) is 38.8 Å². The van der Waals surface area contributed by atoms with Crippen LogP contribution in [-0.4, -0.2) is 21.0 Å². The third kappa shape index (κ3) is 5.72. The zero-order chi connectivity index (χ0) is 45.8. The lowest BCUT2D eigenvalue weighted by Crippen LogP contribution is -2.40. The van der Waals surface area contributed by atoms with Gasteiger partial charge in [0.15, 0.2) is 5.60 Å². The molecule has 0 unspecified atom stereocenters. The van der Waals surface area contributed by atoms with Crippen LogP contribution < -0.4 is 4.74 Å². The fraction of sp³-hybridized carbons (Fsp3) is 0.368. The van der Waals surface area contributed by atoms with E-state index in [1.807, 2.05) is 46.0 Å². The Morgan fingerprint density at radius 2 is 1.47 bits per heavy atom. The van der Waals surface area contributed by atoms with E-state index in [0.29, 0.717) is 17.2 Å². The third-order valence-corrected chi connectivity index (χ3v) is 14.6. The molecule has 0 radical (unpaired) electrons. The summed E-state index contributed by atoms with van der Waals surface area (Å²) in [5.74, 6) is 3.30. The molecule has 0 saturated carbocycles. The number of aryl methyl sites for hydroxylation is 2. The van der Waals surface area contributed by atoms with Crippen LogP contribution in [0.5, 0.6) is 11.5 Å². The number of aliphatic imine (C=N–C) groups is 1. The van der Waals surface area contributed by atoms with E-state index in [-0.39, 0.29) is 22.7 Å². The second-order valence-corrected chi connectivity index (χ2v) is 20.8. The zero-order valence-corrected chi connectivity index (χ0v) is 39.0. The summed E-state index contributed by atoms with van der Waals surface area (Å²) in [7, 11) is 0. The lowest BCUT2D eigenvalue weighted by molar-refractivity contribution is 0.0450. The Hall–Kier alpha value is -5.68. The van der Waals surface area contributed by atoms with E-state index in [4.69, 9.17) is 19.5 Å². The van der Waals surface area contributed by atoms with Crippen molar-refractivity contribution in [1.29, 1.82) is 0 Å². The van der Waals surface area contributed by atoms with Gasteiger partial charge in [0.05, 0.1) is 11.0 Å². The van der Waals surface area contributed by atoms with E-state index in [1.165, 1.54) is 49.7 Å². The van der Waals surface area contributed by atoms with Crippen LogP contribution in [-0.2, 0) is 27.5 Å². The molecule has 0 spiro atoms. The van der Waals surface area contributed by atoms with Gasteiger partial charge in [-0.1, -0.05) is 105 Å². The molecular formula is C57H61N3O2. The molecule has 10 rings (SSSR count). The molecule has 2 aromatic heterocycles. The Balaban J connectivity index is 1.19. The van der Waals surface area contributed by atoms with Crippen molar-refractivity contribution in [3.05, 3.63) is 152 Å². The van der Waals surface area contributed by atoms with Gasteiger partial charge in [-0.25, -0.2) is 9.98 Å². The molecule has 5 nitrogen and oxygen atoms in total. The number of ether oxygens (including phenoxy) is 2. The fourth-order valence-electron chi connectivity index (χ4n) is 10.5. The number of fused-ring (bicyclic) bond motifs is 8. The molecule has 0 saturated heterocycles. The quantitative estimate of drug-likeness (QED) is 0.168. The van der Waals surface area contributed by atoms with Gasteiger partial charge in [-0.05, 0) is 144 Å². The number of hydrogen-bond acceptors (Lipinski definition) is 4. The predicted octanol–water partition coefficient (Wildman–Crippen LogP) is 14.8. The topological polar surface area (TPSA) is 48.6 Å². The van der Waals surface area contributed by atoms with Gasteiger partial charge < -0.3 is 9.47 Å². The number of hydrogen-bond donors (Lipinski definition) is 0. The van der Waals surface area contributed by atoms with Crippen LogP contribution in [0, 0.1) is 20.8 Å². The van der Waals surface area contributed by atoms with Crippen LogP contribution >= 0.6 is 0 Å². The Kier molecular flexibility index (Phi) is 8.23. The maximum Gasteiger partial charge on any atom is 0.217 e. The highest BCUT2D eigenvalue weighted by atomic mass is 16.5. The summed E-state index contributed by atoms with van der Waals surface area (Å²) in [5, 5.41) is 2.40. The Labute approximate surface area is 371 Å². The Bertz CT molecular complexity index is 3150. The van der Waals surface area contributed by atoms with Crippen molar-refractivity contribution in [3.63, 3.8) is 0 Å². The smallest absolute Gasteiger partial charge is 0.217 e. The first kappa shape index (κ1) is 38.0. The van der Waals surface area contributed by atoms with Gasteiger partial charge in [0.25, 0.3) is 0 Å². The number of aromatic nitrogens is 2. The zero-order valence-electron chi connectivity index (χ0n) is 41.0. The summed E-state index contributed by atoms with van der Waals surface area (Å²) in [6.45, 7) is 30.6. The molecular weight excluding hydrogens is 759 g/mol. The van der Waals surface area contributed by atoms with Crippen molar-refractivity contribution in [2.75, 3.05) is 0 Å². The molecule has 0 N–H and O–H groups in total. The highest BCUT2D eigenvalue weighted by Crippen LogP contribution is 2.55. The normalized spacial score (nSPS) is 21.1. The molecule has 3 aliphatic rings. The van der Waals surface area contributed by atoms with Crippen LogP contribution in [0.15, 0.2) is 96.1 Å². The summed E-state index contributed by atoms with van der Waals surface area (Å²) < 4.78 is 35.9. The molecule has 5 heteroatoms. The summed E-state index contributed by atoms with van der Waals surface area (Å²) >= 11 is 0. The molecule has 62 heavy (non-hydrogen) atoms. The van der Waals surface area contributed by atoms with Gasteiger partial charge in [-0.2, -0.15) is 0 Å². The molecule has 4 heterocycles. The number of benzene rings is 5. The molecule has 0 fully saturated rings. The number of rotatable bonds is 6. The monoisotopic (exact) mass is 821 g/mol. The highest BCUT2D eigenvalue weighted by molar-refractivity contribution is 6.12. The van der Waals surface area contributed by atoms with Crippen LogP contribution in [0.4, 0.5) is 0 Å². The minimum atomic E-state index is -1.77. The lowest BCUT2D eigenvalue weighted by Gasteiger charge is -2.35. The standard InChI is InChI=1S/C57H61N3O2/c1-31(2)40-17-15-18-41(32(3)4)50(40)36-24-37(53-59-56(13)30-44-35(7)33(5)20-21-45(44)57(56,14)62-53)26-39(25-36)61-49-29-48-42(23-34(49)6)43-27-38(54(8,9)10)28-47-51(43)60(48)52-46(55(47,11)12)19-16-22-58-52/h15-29,31-32H,30H2,1-14H3/t56-,57+/m1/s1/i30D2. The van der Waals surface area contributed by atoms with E-state index in [9.17, 15) is 2.74 Å². The highest BCUT2D eigenvalue weighted by Gasteiger charge is 2.59. The summed E-state index contributed by atoms with van der Waals surface area (Å²) in [4.78, 5) is 10.3. The average Bonchev–Trinajstić information content (AvgIpc) is 3.75. The van der Waals surface area contributed by atoms with Crippen molar-refractivity contribution in [2.45, 2.75) is 137 Å². The van der Waals surface area contributed by atoms with Crippen molar-refractivity contribution in [2.24, 2.45) is 4.99 Å². The first-order chi connectivity index (χ1) is 30.0. The first-order valence-electron chi connectivity index (χ1n) is 23.5. The summed E-state index contributed by atoms with van der Waals surface area (Å²) in [5.41, 5.74) is 13.5. The van der Waals surface area contributed by atoms with Gasteiger partial charge in [-0.3, -0.25) is 4.57 Å². The molecule has 316 valence electrons. The average molecular weight is 822 g/mol. The molecule has 2 aliphatic heterocycles. The van der Waals surface area contributed by atoms with Gasteiger partial charge in [-0.15, -0.1) is 0 Å². The van der Waals surface area contributed by atoms with Gasteiger partial charge in [0, 0.05) is 54.3 Å². The minimum Gasteiger partial charge on any atom is -0.464 e. The van der Waals surface area contributed by atoms with Gasteiger partial charge in [0.2, 0.25) is 5.90 Å². The maximum atomic E-state index is 9.66. The molecule has 7 aromatic rings. The minimum absolute atomic E-state index is 0.0418. The number of nitrogens with zero attached hydrogens (tertiary/aromatic N) is 3. The van der Waals surface area contributed by atoms with Crippen LogP contribution in [0.1, 0.15) is 152 Å². The lowest BCUT2D eigenvalue weighted by atomic mass is 9.73. The van der Waals surface area contributed by atoms with E-state index in [1.54, 1.807) is 0 Å². The Morgan fingerprint density at radius 1 is 0.758 bits per heavy atom. The molecule has 0 amide bonds. The number of pyridine rings is 1. The summed E-state index contributed by atoms with van der Waals surface area (Å²) in [6.07, 6.45) is 0.125. The summed E-state index contributed by atoms with van der Waals surface area (Å²) in [6, 6.07) is 30.7. The second-order valence-electron chi connectivity index (χ2n) is 20.8.